The third-order valence-corrected chi connectivity index (χ3v) is 14.5. The maximum atomic E-state index is 14.8. The lowest BCUT2D eigenvalue weighted by molar-refractivity contribution is -0.147. The number of hydrogen-bond donors (Lipinski definition) is 5. The van der Waals surface area contributed by atoms with Gasteiger partial charge in [0.25, 0.3) is 5.88 Å². The van der Waals surface area contributed by atoms with Crippen LogP contribution in [0.25, 0.3) is 11.3 Å². The topological polar surface area (TPSA) is 270 Å². The van der Waals surface area contributed by atoms with Crippen molar-refractivity contribution >= 4 is 35.4 Å². The maximum Gasteiger partial charge on any atom is 0.258 e. The number of allylic oxidation sites excluding steroid dienone is 3. The van der Waals surface area contributed by atoms with Gasteiger partial charge in [-0.3, -0.25) is 28.7 Å². The van der Waals surface area contributed by atoms with Crippen LogP contribution in [0.3, 0.4) is 0 Å². The summed E-state index contributed by atoms with van der Waals surface area (Å²) in [6.45, 7) is 12.1. The Balaban J connectivity index is 0.890. The second-order valence-corrected chi connectivity index (χ2v) is 21.3. The molecule has 0 spiro atoms. The summed E-state index contributed by atoms with van der Waals surface area (Å²) < 4.78 is 39.8. The highest BCUT2D eigenvalue weighted by molar-refractivity contribution is 5.94. The molecule has 1 unspecified atom stereocenters. The van der Waals surface area contributed by atoms with Crippen molar-refractivity contribution in [3.63, 3.8) is 0 Å². The van der Waals surface area contributed by atoms with Crippen molar-refractivity contribution < 1.29 is 47.3 Å². The van der Waals surface area contributed by atoms with Crippen LogP contribution in [-0.4, -0.2) is 137 Å². The second-order valence-electron chi connectivity index (χ2n) is 21.3. The predicted molar refractivity (Wildman–Crippen MR) is 296 cm³/mol. The number of likely N-dealkylation sites (N-methyl/N-ethyl adjacent to an activating group) is 1. The van der Waals surface area contributed by atoms with E-state index in [1.165, 1.54) is 39.6 Å². The highest BCUT2D eigenvalue weighted by Gasteiger charge is 2.43. The average molecular weight is 1100 g/mol. The number of benzene rings is 2. The number of nitrogens with zero attached hydrogens (tertiary/aromatic N) is 7. The van der Waals surface area contributed by atoms with Gasteiger partial charge in [0.15, 0.2) is 11.5 Å². The van der Waals surface area contributed by atoms with Gasteiger partial charge in [0, 0.05) is 33.0 Å². The molecule has 6 atom stereocenters. The van der Waals surface area contributed by atoms with Crippen molar-refractivity contribution in [1.82, 2.24) is 50.8 Å². The third-order valence-electron chi connectivity index (χ3n) is 14.5. The number of aromatic nitrogens is 4. The van der Waals surface area contributed by atoms with Crippen LogP contribution in [-0.2, 0) is 65.9 Å². The molecule has 2 aliphatic heterocycles. The normalized spacial score (nSPS) is 19.1. The molecule has 2 bridgehead atoms. The zero-order chi connectivity index (χ0) is 57.7. The fraction of sp³-hybridized carbons (Fsp3) is 0.500. The number of carbonyl (C=O) groups is 5. The van der Waals surface area contributed by atoms with Crippen molar-refractivity contribution in [2.75, 3.05) is 59.4 Å². The lowest BCUT2D eigenvalue weighted by Gasteiger charge is -2.41. The number of amides is 5. The Morgan fingerprint density at radius 2 is 1.79 bits per heavy atom. The van der Waals surface area contributed by atoms with Gasteiger partial charge in [-0.05, 0) is 99.0 Å². The number of fused-ring (bicyclic) bond motifs is 6. The number of anilines is 1. The molecule has 22 heteroatoms. The monoisotopic (exact) mass is 1100 g/mol. The van der Waals surface area contributed by atoms with Gasteiger partial charge in [0.2, 0.25) is 29.5 Å². The summed E-state index contributed by atoms with van der Waals surface area (Å²) in [5.74, 6) is -2.94. The average Bonchev–Trinajstić information content (AvgIpc) is 3.78. The number of hydrogen-bond acceptors (Lipinski definition) is 15. The Bertz CT molecular complexity index is 2990. The van der Waals surface area contributed by atoms with Crippen LogP contribution in [0.4, 0.5) is 10.2 Å². The lowest BCUT2D eigenvalue weighted by atomic mass is 9.83. The molecule has 0 radical (unpaired) electrons. The molecule has 4 heterocycles. The highest BCUT2D eigenvalue weighted by Crippen LogP contribution is 2.35. The molecule has 2 aromatic heterocycles. The summed E-state index contributed by atoms with van der Waals surface area (Å²) in [6, 6.07) is 13.5. The summed E-state index contributed by atoms with van der Waals surface area (Å²) in [5, 5.41) is 26.7. The van der Waals surface area contributed by atoms with Crippen molar-refractivity contribution in [3.8, 4) is 29.0 Å². The Kier molecular flexibility index (Phi) is 20.5. The maximum absolute atomic E-state index is 14.8. The first kappa shape index (κ1) is 59.9. The number of aryl methyl sites for hydroxylation is 1. The Labute approximate surface area is 466 Å². The minimum atomic E-state index is -1.08. The highest BCUT2D eigenvalue weighted by atomic mass is 19.1. The van der Waals surface area contributed by atoms with E-state index in [0.717, 1.165) is 36.0 Å². The molecule has 4 aromatic rings. The predicted octanol–water partition coefficient (Wildman–Crippen LogP) is 4.78. The number of nitriles is 1. The molecular formula is C58H75FN12O9. The molecule has 80 heavy (non-hydrogen) atoms. The van der Waals surface area contributed by atoms with Crippen LogP contribution in [0, 0.1) is 22.7 Å². The largest absolute Gasteiger partial charge is 0.491 e. The van der Waals surface area contributed by atoms with Gasteiger partial charge in [-0.25, -0.2) is 14.4 Å². The number of rotatable bonds is 21. The molecule has 5 amide bonds. The molecule has 1 aliphatic carbocycles. The second kappa shape index (κ2) is 27.4. The first-order valence-corrected chi connectivity index (χ1v) is 27.2. The minimum Gasteiger partial charge on any atom is -0.491 e. The van der Waals surface area contributed by atoms with E-state index in [0.29, 0.717) is 17.0 Å². The van der Waals surface area contributed by atoms with E-state index in [1.54, 1.807) is 39.8 Å². The molecule has 0 saturated heterocycles. The van der Waals surface area contributed by atoms with E-state index in [-0.39, 0.29) is 125 Å². The molecule has 2 aromatic carbocycles. The summed E-state index contributed by atoms with van der Waals surface area (Å²) in [5.41, 5.74) is 10.5. The molecular weight excluding hydrogens is 1030 g/mol. The minimum absolute atomic E-state index is 0.00928. The summed E-state index contributed by atoms with van der Waals surface area (Å²) >= 11 is 0. The Morgan fingerprint density at radius 3 is 2.52 bits per heavy atom. The fourth-order valence-electron chi connectivity index (χ4n) is 9.97. The molecule has 21 nitrogen and oxygen atoms in total. The van der Waals surface area contributed by atoms with Gasteiger partial charge in [-0.1, -0.05) is 57.2 Å². The number of carbonyl (C=O) groups excluding carboxylic acids is 5. The molecule has 3 aliphatic rings. The Morgan fingerprint density at radius 1 is 1.04 bits per heavy atom. The molecule has 0 fully saturated rings. The first-order valence-electron chi connectivity index (χ1n) is 27.2. The van der Waals surface area contributed by atoms with Crippen LogP contribution in [0.2, 0.25) is 0 Å². The number of halogens is 1. The van der Waals surface area contributed by atoms with Crippen molar-refractivity contribution in [1.29, 1.82) is 5.26 Å². The van der Waals surface area contributed by atoms with Crippen LogP contribution in [0.1, 0.15) is 100 Å². The van der Waals surface area contributed by atoms with Crippen molar-refractivity contribution in [2.45, 2.75) is 124 Å². The molecule has 6 N–H and O–H groups in total. The summed E-state index contributed by atoms with van der Waals surface area (Å²) in [6.07, 6.45) is 7.43. The zero-order valence-electron chi connectivity index (χ0n) is 47.0. The lowest BCUT2D eigenvalue weighted by Crippen LogP contribution is -2.62. The van der Waals surface area contributed by atoms with Crippen LogP contribution in [0.5, 0.6) is 11.6 Å². The SMILES string of the molecule is C/C=C\C(F)=C/C1C(=O)N(C)Cc2c(c(C#N)nn2CCNC(=O)CCOCCOCCOc2ccc3c(c2)CN(C(=O)[C@H](NC(=O)[C@@H](C)NC)C(C)(C)C)[C@@H](C(=O)N[C@H]2CCCc4ccccc42)C3)-c2cnc(N)c(n2)O[C@@H]1C. The van der Waals surface area contributed by atoms with E-state index >= 15 is 0 Å². The van der Waals surface area contributed by atoms with Gasteiger partial charge in [0.05, 0.1) is 80.7 Å². The Hall–Kier alpha value is -7.74. The summed E-state index contributed by atoms with van der Waals surface area (Å²) in [7, 11) is 3.23. The smallest absolute Gasteiger partial charge is 0.258 e. The van der Waals surface area contributed by atoms with Crippen molar-refractivity contribution in [3.05, 3.63) is 106 Å². The zero-order valence-corrected chi connectivity index (χ0v) is 47.0. The number of nitrogen functional groups attached to an aromatic ring is 1. The van der Waals surface area contributed by atoms with Crippen LogP contribution >= 0.6 is 0 Å². The van der Waals surface area contributed by atoms with Gasteiger partial charge in [-0.15, -0.1) is 0 Å². The fourth-order valence-corrected chi connectivity index (χ4v) is 9.97. The third kappa shape index (κ3) is 14.9. The quantitative estimate of drug-likeness (QED) is 0.0555. The van der Waals surface area contributed by atoms with Crippen molar-refractivity contribution in [2.24, 2.45) is 11.3 Å². The van der Waals surface area contributed by atoms with Crippen LogP contribution in [0.15, 0.2) is 72.7 Å². The number of nitrogens with one attached hydrogen (secondary N) is 4. The number of nitrogens with two attached hydrogens (primary N) is 1. The van der Waals surface area contributed by atoms with E-state index < -0.39 is 47.3 Å². The van der Waals surface area contributed by atoms with E-state index in [9.17, 15) is 33.6 Å². The van der Waals surface area contributed by atoms with Gasteiger partial charge >= 0.3 is 0 Å². The van der Waals surface area contributed by atoms with Crippen LogP contribution < -0.4 is 36.5 Å². The molecule has 428 valence electrons. The first-order chi connectivity index (χ1) is 38.3. The van der Waals surface area contributed by atoms with Gasteiger partial charge in [-0.2, -0.15) is 10.4 Å². The number of ether oxygens (including phenoxy) is 4. The standard InChI is InChI=1S/C58H75FN12O9/c1-9-13-40(59)30-43-36(3)80-55-52(61)64-32-46(66-55)50-45(31-60)68-71(48(50)34-69(8)56(43)75)22-21-63-49(72)20-23-77-24-25-78-26-27-79-41-19-18-38-29-47(54(74)65-44-17-12-15-37-14-10-11-16-42(37)44)70(33-39(38)28-41)57(76)51(58(4,5)6)67-53(73)35(2)62-7/h9-11,13-14,16,18-19,28,30,32,35-36,43-44,47,51,62H,12,15,17,20-27,29,33-34H2,1-8H3,(H2,61,64)(H,63,72)(H,65,74)(H,67,73)/b13-9-,40-30+/t35-,36-,43?,44+,47-,51+/m1/s1. The van der Waals surface area contributed by atoms with Gasteiger partial charge in [0.1, 0.15) is 42.4 Å². The van der Waals surface area contributed by atoms with E-state index in [2.05, 4.69) is 54.5 Å². The molecule has 0 saturated carbocycles. The summed E-state index contributed by atoms with van der Waals surface area (Å²) in [4.78, 5) is 80.8. The van der Waals surface area contributed by atoms with Gasteiger partial charge < -0.3 is 55.7 Å². The van der Waals surface area contributed by atoms with E-state index in [4.69, 9.17) is 24.7 Å². The molecule has 7 rings (SSSR count). The van der Waals surface area contributed by atoms with E-state index in [1.807, 2.05) is 51.1 Å².